The van der Waals surface area contributed by atoms with Gasteiger partial charge in [0.2, 0.25) is 5.91 Å². The van der Waals surface area contributed by atoms with Crippen LogP contribution in [0.25, 0.3) is 10.6 Å². The van der Waals surface area contributed by atoms with E-state index in [2.05, 4.69) is 15.3 Å². The van der Waals surface area contributed by atoms with E-state index in [9.17, 15) is 4.79 Å². The average Bonchev–Trinajstić information content (AvgIpc) is 3.35. The van der Waals surface area contributed by atoms with Crippen LogP contribution in [0.4, 0.5) is 10.9 Å². The van der Waals surface area contributed by atoms with Crippen molar-refractivity contribution >= 4 is 39.5 Å². The van der Waals surface area contributed by atoms with E-state index in [1.807, 2.05) is 44.4 Å². The Morgan fingerprint density at radius 1 is 1.22 bits per heavy atom. The molecule has 0 aliphatic heterocycles. The van der Waals surface area contributed by atoms with Crippen molar-refractivity contribution < 1.29 is 9.53 Å². The molecular weight excluding hydrogens is 442 g/mol. The number of carbonyl (C=O) groups excluding carboxylic acids is 1. The van der Waals surface area contributed by atoms with Crippen LogP contribution in [0.3, 0.4) is 0 Å². The Hall–Kier alpha value is -3.30. The standard InChI is InChI=1S/C23H23N5O2S2/c1-13(2)30-18-8-7-15(22(24)29)10-16(18)11-20-27-17(12-31-20)21-14(3)26-23(32-21)28-19-6-4-5-9-25-19/h4-10,12-13H,11H2,1-3H3,(H2,24,29)(H,25,26,28). The Morgan fingerprint density at radius 2 is 2.06 bits per heavy atom. The zero-order chi connectivity index (χ0) is 22.7. The van der Waals surface area contributed by atoms with Gasteiger partial charge in [-0.15, -0.1) is 11.3 Å². The second-order valence-electron chi connectivity index (χ2n) is 7.43. The first kappa shape index (κ1) is 21.9. The number of nitrogens with two attached hydrogens (primary N) is 1. The Labute approximate surface area is 194 Å². The molecule has 0 saturated heterocycles. The predicted molar refractivity (Wildman–Crippen MR) is 129 cm³/mol. The van der Waals surface area contributed by atoms with Crippen LogP contribution in [0.1, 0.15) is 40.5 Å². The third-order valence-corrected chi connectivity index (χ3v) is 6.47. The van der Waals surface area contributed by atoms with Crippen molar-refractivity contribution in [3.8, 4) is 16.3 Å². The van der Waals surface area contributed by atoms with Crippen LogP contribution in [-0.2, 0) is 6.42 Å². The number of aromatic nitrogens is 3. The first-order valence-corrected chi connectivity index (χ1v) is 11.8. The average molecular weight is 466 g/mol. The number of nitrogens with one attached hydrogen (secondary N) is 1. The summed E-state index contributed by atoms with van der Waals surface area (Å²) in [5.41, 5.74) is 8.60. The van der Waals surface area contributed by atoms with E-state index in [4.69, 9.17) is 15.5 Å². The molecule has 0 fully saturated rings. The molecule has 0 bridgehead atoms. The molecule has 164 valence electrons. The van der Waals surface area contributed by atoms with Gasteiger partial charge in [-0.05, 0) is 51.1 Å². The van der Waals surface area contributed by atoms with Gasteiger partial charge in [0, 0.05) is 29.1 Å². The normalized spacial score (nSPS) is 11.0. The highest BCUT2D eigenvalue weighted by Gasteiger charge is 2.16. The Bertz CT molecular complexity index is 1230. The van der Waals surface area contributed by atoms with E-state index in [-0.39, 0.29) is 6.10 Å². The van der Waals surface area contributed by atoms with Gasteiger partial charge in [0.25, 0.3) is 0 Å². The molecule has 4 rings (SSSR count). The van der Waals surface area contributed by atoms with Gasteiger partial charge >= 0.3 is 0 Å². The molecule has 0 unspecified atom stereocenters. The Morgan fingerprint density at radius 3 is 2.78 bits per heavy atom. The van der Waals surface area contributed by atoms with Gasteiger partial charge in [-0.3, -0.25) is 4.79 Å². The molecule has 0 spiro atoms. The number of aryl methyl sites for hydroxylation is 1. The van der Waals surface area contributed by atoms with Crippen molar-refractivity contribution in [2.75, 3.05) is 5.32 Å². The van der Waals surface area contributed by atoms with Crippen LogP contribution in [0.15, 0.2) is 48.0 Å². The molecule has 0 radical (unpaired) electrons. The quantitative estimate of drug-likeness (QED) is 0.371. The summed E-state index contributed by atoms with van der Waals surface area (Å²) < 4.78 is 5.93. The number of thiazole rings is 2. The number of hydrogen-bond donors (Lipinski definition) is 2. The zero-order valence-electron chi connectivity index (χ0n) is 18.0. The topological polar surface area (TPSA) is 103 Å². The Balaban J connectivity index is 1.57. The Kier molecular flexibility index (Phi) is 6.48. The molecule has 1 amide bonds. The minimum atomic E-state index is -0.463. The molecule has 1 aromatic carbocycles. The lowest BCUT2D eigenvalue weighted by Gasteiger charge is -2.14. The molecule has 3 N–H and O–H groups in total. The van der Waals surface area contributed by atoms with Crippen molar-refractivity contribution in [3.05, 3.63) is 69.8 Å². The lowest BCUT2D eigenvalue weighted by molar-refractivity contribution is 0.1000. The van der Waals surface area contributed by atoms with Crippen LogP contribution >= 0.6 is 22.7 Å². The number of primary amides is 1. The van der Waals surface area contributed by atoms with Gasteiger partial charge in [-0.2, -0.15) is 0 Å². The van der Waals surface area contributed by atoms with Crippen molar-refractivity contribution in [3.63, 3.8) is 0 Å². The third kappa shape index (κ3) is 5.12. The summed E-state index contributed by atoms with van der Waals surface area (Å²) >= 11 is 3.11. The van der Waals surface area contributed by atoms with E-state index in [1.54, 1.807) is 47.1 Å². The van der Waals surface area contributed by atoms with E-state index >= 15 is 0 Å². The minimum absolute atomic E-state index is 0.0184. The number of anilines is 2. The molecule has 0 aliphatic carbocycles. The molecule has 4 aromatic rings. The lowest BCUT2D eigenvalue weighted by Crippen LogP contribution is -2.13. The van der Waals surface area contributed by atoms with Crippen LogP contribution < -0.4 is 15.8 Å². The number of benzene rings is 1. The maximum Gasteiger partial charge on any atom is 0.248 e. The first-order chi connectivity index (χ1) is 15.4. The number of hydrogen-bond acceptors (Lipinski definition) is 8. The summed E-state index contributed by atoms with van der Waals surface area (Å²) in [6, 6.07) is 11.0. The summed E-state index contributed by atoms with van der Waals surface area (Å²) in [4.78, 5) is 26.4. The van der Waals surface area contributed by atoms with Crippen LogP contribution in [-0.4, -0.2) is 27.0 Å². The van der Waals surface area contributed by atoms with E-state index < -0.39 is 5.91 Å². The molecular formula is C23H23N5O2S2. The van der Waals surface area contributed by atoms with Gasteiger partial charge in [0.05, 0.1) is 27.4 Å². The third-order valence-electron chi connectivity index (χ3n) is 4.53. The number of pyridine rings is 1. The van der Waals surface area contributed by atoms with Gasteiger partial charge in [-0.1, -0.05) is 17.4 Å². The highest BCUT2D eigenvalue weighted by molar-refractivity contribution is 7.19. The van der Waals surface area contributed by atoms with Crippen LogP contribution in [0.5, 0.6) is 5.75 Å². The highest BCUT2D eigenvalue weighted by Crippen LogP contribution is 2.35. The largest absolute Gasteiger partial charge is 0.491 e. The van der Waals surface area contributed by atoms with Gasteiger partial charge < -0.3 is 15.8 Å². The molecule has 0 atom stereocenters. The summed E-state index contributed by atoms with van der Waals surface area (Å²) in [5.74, 6) is 1.02. The summed E-state index contributed by atoms with van der Waals surface area (Å²) in [5, 5.41) is 6.95. The molecule has 3 heterocycles. The van der Waals surface area contributed by atoms with Gasteiger partial charge in [-0.25, -0.2) is 15.0 Å². The monoisotopic (exact) mass is 465 g/mol. The number of ether oxygens (including phenoxy) is 1. The minimum Gasteiger partial charge on any atom is -0.491 e. The predicted octanol–water partition coefficient (Wildman–Crippen LogP) is 5.19. The summed E-state index contributed by atoms with van der Waals surface area (Å²) in [6.45, 7) is 5.91. The molecule has 9 heteroatoms. The molecule has 32 heavy (non-hydrogen) atoms. The van der Waals surface area contributed by atoms with E-state index in [1.165, 1.54) is 0 Å². The number of rotatable bonds is 8. The summed E-state index contributed by atoms with van der Waals surface area (Å²) in [6.07, 6.45) is 2.30. The number of nitrogens with zero attached hydrogens (tertiary/aromatic N) is 3. The van der Waals surface area contributed by atoms with Crippen molar-refractivity contribution in [2.24, 2.45) is 5.73 Å². The fourth-order valence-electron chi connectivity index (χ4n) is 3.13. The molecule has 0 aliphatic rings. The van der Waals surface area contributed by atoms with Crippen LogP contribution in [0, 0.1) is 6.92 Å². The fraction of sp³-hybridized carbons (Fsp3) is 0.217. The number of amides is 1. The summed E-state index contributed by atoms with van der Waals surface area (Å²) in [7, 11) is 0. The van der Waals surface area contributed by atoms with Crippen molar-refractivity contribution in [2.45, 2.75) is 33.3 Å². The first-order valence-electron chi connectivity index (χ1n) is 10.1. The van der Waals surface area contributed by atoms with Gasteiger partial charge in [0.15, 0.2) is 5.13 Å². The second kappa shape index (κ2) is 9.46. The maximum atomic E-state index is 11.7. The smallest absolute Gasteiger partial charge is 0.248 e. The zero-order valence-corrected chi connectivity index (χ0v) is 19.6. The van der Waals surface area contributed by atoms with Crippen molar-refractivity contribution in [1.29, 1.82) is 0 Å². The molecule has 3 aromatic heterocycles. The van der Waals surface area contributed by atoms with Gasteiger partial charge in [0.1, 0.15) is 11.6 Å². The SMILES string of the molecule is Cc1nc(Nc2ccccn2)sc1-c1csc(Cc2cc(C(N)=O)ccc2OC(C)C)n1. The maximum absolute atomic E-state index is 11.7. The second-order valence-corrected chi connectivity index (χ2v) is 9.37. The molecule has 7 nitrogen and oxygen atoms in total. The van der Waals surface area contributed by atoms with E-state index in [0.717, 1.165) is 43.5 Å². The fourth-order valence-corrected chi connectivity index (χ4v) is 4.95. The molecule has 0 saturated carbocycles. The number of carbonyl (C=O) groups is 1. The van der Waals surface area contributed by atoms with E-state index in [0.29, 0.717) is 12.0 Å². The highest BCUT2D eigenvalue weighted by atomic mass is 32.1. The van der Waals surface area contributed by atoms with Crippen LogP contribution in [0.2, 0.25) is 0 Å². The lowest BCUT2D eigenvalue weighted by atomic mass is 10.1. The van der Waals surface area contributed by atoms with Crippen molar-refractivity contribution in [1.82, 2.24) is 15.0 Å².